The van der Waals surface area contributed by atoms with Crippen molar-refractivity contribution < 1.29 is 9.18 Å². The van der Waals surface area contributed by atoms with Crippen molar-refractivity contribution in [1.82, 2.24) is 4.98 Å². The molecule has 4 rings (SSSR count). The van der Waals surface area contributed by atoms with Gasteiger partial charge in [-0.15, -0.1) is 0 Å². The molecule has 1 aromatic heterocycles. The zero-order chi connectivity index (χ0) is 14.4. The lowest BCUT2D eigenvalue weighted by Gasteiger charge is -2.20. The lowest BCUT2D eigenvalue weighted by Crippen LogP contribution is -2.20. The maximum atomic E-state index is 13.2. The topological polar surface area (TPSA) is 42.0 Å². The standard InChI is InChI=1S/C16H17FN2OS/c17-12-3-4-13-14(8-12)21-16(18-13)19-15(20)7-11-6-9-1-2-10(11)5-9/h3-4,8-11H,1-2,5-7H2,(H,18,19,20)/t9-,10-,11-/m1/s1. The number of carbonyl (C=O) groups excluding carboxylic acids is 1. The first-order valence-corrected chi connectivity index (χ1v) is 8.35. The van der Waals surface area contributed by atoms with Gasteiger partial charge in [0.25, 0.3) is 0 Å². The van der Waals surface area contributed by atoms with Crippen molar-refractivity contribution in [3.05, 3.63) is 24.0 Å². The number of nitrogens with one attached hydrogen (secondary N) is 1. The molecule has 5 heteroatoms. The highest BCUT2D eigenvalue weighted by atomic mass is 32.1. The molecule has 2 aliphatic carbocycles. The third-order valence-corrected chi connectivity index (χ3v) is 5.86. The SMILES string of the molecule is O=C(C[C@H]1C[C@@H]2CC[C@@H]1C2)Nc1nc2ccc(F)cc2s1. The molecule has 0 aliphatic heterocycles. The molecule has 1 N–H and O–H groups in total. The average Bonchev–Trinajstić information content (AvgIpc) is 3.12. The van der Waals surface area contributed by atoms with Crippen LogP contribution < -0.4 is 5.32 Å². The fourth-order valence-corrected chi connectivity index (χ4v) is 4.89. The summed E-state index contributed by atoms with van der Waals surface area (Å²) in [6.45, 7) is 0. The second kappa shape index (κ2) is 5.05. The zero-order valence-electron chi connectivity index (χ0n) is 11.6. The zero-order valence-corrected chi connectivity index (χ0v) is 12.5. The van der Waals surface area contributed by atoms with Gasteiger partial charge in [-0.1, -0.05) is 17.8 Å². The van der Waals surface area contributed by atoms with Gasteiger partial charge in [-0.05, 0) is 55.2 Å². The fourth-order valence-electron chi connectivity index (χ4n) is 3.99. The first-order chi connectivity index (χ1) is 10.2. The molecule has 0 radical (unpaired) electrons. The van der Waals surface area contributed by atoms with Crippen LogP contribution in [0.1, 0.15) is 32.1 Å². The molecule has 2 aromatic rings. The van der Waals surface area contributed by atoms with Gasteiger partial charge in [-0.3, -0.25) is 4.79 Å². The molecule has 3 atom stereocenters. The van der Waals surface area contributed by atoms with E-state index in [1.807, 2.05) is 0 Å². The van der Waals surface area contributed by atoms with Gasteiger partial charge in [0, 0.05) is 6.42 Å². The number of nitrogens with zero attached hydrogens (tertiary/aromatic N) is 1. The van der Waals surface area contributed by atoms with Gasteiger partial charge in [-0.25, -0.2) is 9.37 Å². The van der Waals surface area contributed by atoms with Gasteiger partial charge in [0.05, 0.1) is 10.2 Å². The number of anilines is 1. The Morgan fingerprint density at radius 3 is 3.05 bits per heavy atom. The maximum Gasteiger partial charge on any atom is 0.226 e. The van der Waals surface area contributed by atoms with Crippen LogP contribution in [0.2, 0.25) is 0 Å². The first kappa shape index (κ1) is 13.2. The van der Waals surface area contributed by atoms with E-state index in [9.17, 15) is 9.18 Å². The van der Waals surface area contributed by atoms with Crippen LogP contribution in [0.3, 0.4) is 0 Å². The minimum atomic E-state index is -0.272. The van der Waals surface area contributed by atoms with Crippen LogP contribution in [-0.4, -0.2) is 10.9 Å². The third kappa shape index (κ3) is 2.55. The monoisotopic (exact) mass is 304 g/mol. The molecule has 0 saturated heterocycles. The van der Waals surface area contributed by atoms with Gasteiger partial charge in [0.15, 0.2) is 5.13 Å². The summed E-state index contributed by atoms with van der Waals surface area (Å²) in [5, 5.41) is 3.46. The maximum absolute atomic E-state index is 13.2. The summed E-state index contributed by atoms with van der Waals surface area (Å²) in [4.78, 5) is 16.5. The molecule has 2 aliphatic rings. The highest BCUT2D eigenvalue weighted by molar-refractivity contribution is 7.22. The number of thiazole rings is 1. The predicted octanol–water partition coefficient (Wildman–Crippen LogP) is 4.20. The Kier molecular flexibility index (Phi) is 3.17. The number of hydrogen-bond acceptors (Lipinski definition) is 3. The van der Waals surface area contributed by atoms with Crippen molar-refractivity contribution in [2.75, 3.05) is 5.32 Å². The number of rotatable bonds is 3. The van der Waals surface area contributed by atoms with Crippen LogP contribution in [0, 0.1) is 23.6 Å². The number of amides is 1. The summed E-state index contributed by atoms with van der Waals surface area (Å²) in [6, 6.07) is 4.49. The van der Waals surface area contributed by atoms with Crippen LogP contribution in [0.5, 0.6) is 0 Å². The molecule has 21 heavy (non-hydrogen) atoms. The second-order valence-electron chi connectivity index (χ2n) is 6.32. The minimum absolute atomic E-state index is 0.0482. The molecular formula is C16H17FN2OS. The smallest absolute Gasteiger partial charge is 0.226 e. The van der Waals surface area contributed by atoms with Crippen molar-refractivity contribution in [3.8, 4) is 0 Å². The fraction of sp³-hybridized carbons (Fsp3) is 0.500. The summed E-state index contributed by atoms with van der Waals surface area (Å²) in [5.74, 6) is 1.94. The van der Waals surface area contributed by atoms with Crippen molar-refractivity contribution in [2.45, 2.75) is 32.1 Å². The Morgan fingerprint density at radius 2 is 2.29 bits per heavy atom. The molecule has 0 spiro atoms. The Hall–Kier alpha value is -1.49. The molecule has 2 saturated carbocycles. The molecular weight excluding hydrogens is 287 g/mol. The number of benzene rings is 1. The normalized spacial score (nSPS) is 27.4. The predicted molar refractivity (Wildman–Crippen MR) is 81.8 cm³/mol. The first-order valence-electron chi connectivity index (χ1n) is 7.53. The van der Waals surface area contributed by atoms with Crippen molar-refractivity contribution in [1.29, 1.82) is 0 Å². The van der Waals surface area contributed by atoms with E-state index in [0.717, 1.165) is 22.1 Å². The molecule has 1 heterocycles. The van der Waals surface area contributed by atoms with Gasteiger partial charge in [0.1, 0.15) is 5.82 Å². The number of fused-ring (bicyclic) bond motifs is 3. The Bertz CT molecular complexity index is 699. The highest BCUT2D eigenvalue weighted by Gasteiger charge is 2.40. The largest absolute Gasteiger partial charge is 0.302 e. The molecule has 1 amide bonds. The quantitative estimate of drug-likeness (QED) is 0.923. The lowest BCUT2D eigenvalue weighted by atomic mass is 9.86. The van der Waals surface area contributed by atoms with Crippen LogP contribution in [-0.2, 0) is 4.79 Å². The Balaban J connectivity index is 1.43. The number of carbonyl (C=O) groups is 1. The summed E-state index contributed by atoms with van der Waals surface area (Å²) >= 11 is 1.33. The lowest BCUT2D eigenvalue weighted by molar-refractivity contribution is -0.117. The van der Waals surface area contributed by atoms with E-state index in [2.05, 4.69) is 10.3 Å². The Morgan fingerprint density at radius 1 is 1.38 bits per heavy atom. The summed E-state index contributed by atoms with van der Waals surface area (Å²) in [6.07, 6.45) is 5.78. The van der Waals surface area contributed by atoms with E-state index < -0.39 is 0 Å². The minimum Gasteiger partial charge on any atom is -0.302 e. The van der Waals surface area contributed by atoms with E-state index >= 15 is 0 Å². The number of halogens is 1. The van der Waals surface area contributed by atoms with Crippen molar-refractivity contribution in [3.63, 3.8) is 0 Å². The van der Waals surface area contributed by atoms with Crippen LogP contribution in [0.15, 0.2) is 18.2 Å². The van der Waals surface area contributed by atoms with Crippen molar-refractivity contribution >= 4 is 32.6 Å². The Labute approximate surface area is 126 Å². The summed E-state index contributed by atoms with van der Waals surface area (Å²) in [5.41, 5.74) is 0.733. The van der Waals surface area contributed by atoms with E-state index in [4.69, 9.17) is 0 Å². The van der Waals surface area contributed by atoms with Gasteiger partial charge in [-0.2, -0.15) is 0 Å². The molecule has 2 fully saturated rings. The molecule has 2 bridgehead atoms. The van der Waals surface area contributed by atoms with Gasteiger partial charge >= 0.3 is 0 Å². The van der Waals surface area contributed by atoms with E-state index in [-0.39, 0.29) is 11.7 Å². The van der Waals surface area contributed by atoms with Crippen LogP contribution in [0.25, 0.3) is 10.2 Å². The molecule has 3 nitrogen and oxygen atoms in total. The van der Waals surface area contributed by atoms with E-state index in [1.165, 1.54) is 49.2 Å². The van der Waals surface area contributed by atoms with Gasteiger partial charge < -0.3 is 5.32 Å². The highest BCUT2D eigenvalue weighted by Crippen LogP contribution is 2.49. The van der Waals surface area contributed by atoms with Crippen molar-refractivity contribution in [2.24, 2.45) is 17.8 Å². The summed E-state index contributed by atoms with van der Waals surface area (Å²) in [7, 11) is 0. The third-order valence-electron chi connectivity index (χ3n) is 4.93. The molecule has 0 unspecified atom stereocenters. The van der Waals surface area contributed by atoms with Crippen LogP contribution >= 0.6 is 11.3 Å². The molecule has 1 aromatic carbocycles. The molecule has 110 valence electrons. The summed E-state index contributed by atoms with van der Waals surface area (Å²) < 4.78 is 13.9. The second-order valence-corrected chi connectivity index (χ2v) is 7.35. The number of hydrogen-bond donors (Lipinski definition) is 1. The van der Waals surface area contributed by atoms with E-state index in [1.54, 1.807) is 6.07 Å². The average molecular weight is 304 g/mol. The van der Waals surface area contributed by atoms with Gasteiger partial charge in [0.2, 0.25) is 5.91 Å². The number of aromatic nitrogens is 1. The van der Waals surface area contributed by atoms with Crippen LogP contribution in [0.4, 0.5) is 9.52 Å². The van der Waals surface area contributed by atoms with E-state index in [0.29, 0.717) is 17.5 Å².